The Morgan fingerprint density at radius 3 is 1.42 bits per heavy atom. The van der Waals surface area contributed by atoms with Crippen molar-refractivity contribution in [2.24, 2.45) is 0 Å². The van der Waals surface area contributed by atoms with Crippen LogP contribution in [0.15, 0.2) is 0 Å². The van der Waals surface area contributed by atoms with Crippen molar-refractivity contribution < 1.29 is 71.3 Å². The number of nitrogens with zero attached hydrogens (tertiary/aromatic N) is 3. The van der Waals surface area contributed by atoms with E-state index in [1.54, 1.807) is 0 Å². The molecule has 2 rings (SSSR count). The van der Waals surface area contributed by atoms with Gasteiger partial charge < -0.3 is 0 Å². The minimum atomic E-state index is -7.31. The fraction of sp³-hybridized carbons (Fsp3) is 0.833. The SMILES string of the molecule is CN1C(=O)N(C)P2(OC(C(F)(F)F)C(F)(F)F)(OC(C(F)(F)F)(C(F)(F)F)C2Cl)N(C)C1=O. The molecule has 0 radical (unpaired) electrons. The molecule has 0 saturated carbocycles. The number of carbonyl (C=O) groups excluding carboxylic acids is 2. The van der Waals surface area contributed by atoms with Gasteiger partial charge in [0.05, 0.1) is 0 Å². The zero-order chi connectivity index (χ0) is 26.4. The summed E-state index contributed by atoms with van der Waals surface area (Å²) in [5.41, 5.74) is -5.60. The number of halogens is 13. The van der Waals surface area contributed by atoms with Crippen LogP contribution < -0.4 is 0 Å². The Hall–Kier alpha value is -1.46. The fourth-order valence-electron chi connectivity index (χ4n) is 3.34. The molecule has 2 aliphatic heterocycles. The van der Waals surface area contributed by atoms with Crippen molar-refractivity contribution in [1.29, 1.82) is 0 Å². The molecule has 0 aromatic rings. The first-order chi connectivity index (χ1) is 14.3. The molecule has 2 saturated heterocycles. The third kappa shape index (κ3) is 3.25. The molecule has 2 fully saturated rings. The molecule has 1 unspecified atom stereocenters. The van der Waals surface area contributed by atoms with Crippen molar-refractivity contribution in [1.82, 2.24) is 14.2 Å². The summed E-state index contributed by atoms with van der Waals surface area (Å²) in [4.78, 5) is 24.6. The van der Waals surface area contributed by atoms with Gasteiger partial charge in [-0.25, -0.2) is 0 Å². The van der Waals surface area contributed by atoms with Gasteiger partial charge in [0.15, 0.2) is 0 Å². The standard InChI is InChI=1S/C12H11ClF12N3O4P/c1-26-6(29)27(2)33(28(3)7(26)30,31-4(9(14,15)16)10(17,18)19)5(13)8(32-33,11(20,21)22)12(23,24)25/h4-5H,1-3H3. The number of imide groups is 1. The van der Waals surface area contributed by atoms with Crippen molar-refractivity contribution in [3.05, 3.63) is 0 Å². The van der Waals surface area contributed by atoms with E-state index < -0.39 is 70.3 Å². The van der Waals surface area contributed by atoms with Crippen molar-refractivity contribution in [3.63, 3.8) is 0 Å². The van der Waals surface area contributed by atoms with Crippen LogP contribution in [0, 0.1) is 0 Å². The molecule has 2 aliphatic rings. The van der Waals surface area contributed by atoms with E-state index in [-0.39, 0.29) is 19.0 Å². The molecule has 21 heteroatoms. The molecule has 0 aromatic carbocycles. The summed E-state index contributed by atoms with van der Waals surface area (Å²) >= 11 is 5.37. The summed E-state index contributed by atoms with van der Waals surface area (Å²) in [6.45, 7) is 0. The monoisotopic (exact) mass is 555 g/mol. The van der Waals surface area contributed by atoms with E-state index in [2.05, 4.69) is 9.05 Å². The molecule has 1 spiro atoms. The number of amides is 4. The first-order valence-corrected chi connectivity index (χ1v) is 10.4. The summed E-state index contributed by atoms with van der Waals surface area (Å²) in [7, 11) is -6.34. The van der Waals surface area contributed by atoms with Gasteiger partial charge in [0.2, 0.25) is 0 Å². The van der Waals surface area contributed by atoms with E-state index in [1.807, 2.05) is 0 Å². The van der Waals surface area contributed by atoms with Crippen molar-refractivity contribution in [3.8, 4) is 0 Å². The number of alkyl halides is 13. The Morgan fingerprint density at radius 1 is 0.848 bits per heavy atom. The average Bonchev–Trinajstić information content (AvgIpc) is 2.59. The van der Waals surface area contributed by atoms with Gasteiger partial charge in [-0.3, -0.25) is 0 Å². The summed E-state index contributed by atoms with van der Waals surface area (Å²) in [5.74, 6) is 0. The third-order valence-electron chi connectivity index (χ3n) is 5.01. The number of urea groups is 2. The average molecular weight is 556 g/mol. The van der Waals surface area contributed by atoms with Gasteiger partial charge in [-0.2, -0.15) is 0 Å². The summed E-state index contributed by atoms with van der Waals surface area (Å²) in [6.07, 6.45) is -31.3. The minimum absolute atomic E-state index is 0.0361. The summed E-state index contributed by atoms with van der Waals surface area (Å²) in [6, 6.07) is -3.88. The van der Waals surface area contributed by atoms with E-state index in [0.29, 0.717) is 7.05 Å². The number of rotatable bonds is 2. The Kier molecular flexibility index (Phi) is 5.92. The van der Waals surface area contributed by atoms with E-state index in [4.69, 9.17) is 11.6 Å². The molecular weight excluding hydrogens is 545 g/mol. The predicted molar refractivity (Wildman–Crippen MR) is 83.6 cm³/mol. The normalized spacial score (nSPS) is 27.0. The molecule has 0 aliphatic carbocycles. The van der Waals surface area contributed by atoms with E-state index in [0.717, 1.165) is 0 Å². The van der Waals surface area contributed by atoms with E-state index in [9.17, 15) is 62.3 Å². The van der Waals surface area contributed by atoms with Crippen LogP contribution in [0.3, 0.4) is 0 Å². The quantitative estimate of drug-likeness (QED) is 0.267. The second-order valence-corrected chi connectivity index (χ2v) is 11.5. The fourth-order valence-corrected chi connectivity index (χ4v) is 9.71. The second-order valence-electron chi connectivity index (χ2n) is 6.83. The molecule has 194 valence electrons. The van der Waals surface area contributed by atoms with Crippen LogP contribution in [0.2, 0.25) is 0 Å². The molecule has 0 N–H and O–H groups in total. The van der Waals surface area contributed by atoms with Crippen LogP contribution in [-0.4, -0.2) is 89.0 Å². The van der Waals surface area contributed by atoms with Crippen LogP contribution >= 0.6 is 19.0 Å². The first kappa shape index (κ1) is 27.8. The Morgan fingerprint density at radius 2 is 1.18 bits per heavy atom. The van der Waals surface area contributed by atoms with Gasteiger partial charge in [-0.05, 0) is 0 Å². The molecule has 7 nitrogen and oxygen atoms in total. The first-order valence-electron chi connectivity index (χ1n) is 7.96. The van der Waals surface area contributed by atoms with Crippen molar-refractivity contribution in [2.45, 2.75) is 41.5 Å². The molecule has 2 heterocycles. The van der Waals surface area contributed by atoms with Gasteiger partial charge in [0, 0.05) is 0 Å². The van der Waals surface area contributed by atoms with E-state index >= 15 is 0 Å². The van der Waals surface area contributed by atoms with Crippen LogP contribution in [0.25, 0.3) is 0 Å². The third-order valence-corrected chi connectivity index (χ3v) is 11.2. The Bertz CT molecular complexity index is 803. The zero-order valence-corrected chi connectivity index (χ0v) is 17.6. The van der Waals surface area contributed by atoms with Gasteiger partial charge in [-0.15, -0.1) is 0 Å². The molecule has 33 heavy (non-hydrogen) atoms. The van der Waals surface area contributed by atoms with Crippen LogP contribution in [0.5, 0.6) is 0 Å². The second kappa shape index (κ2) is 7.04. The maximum absolute atomic E-state index is 13.5. The van der Waals surface area contributed by atoms with Crippen molar-refractivity contribution >= 4 is 31.0 Å². The predicted octanol–water partition coefficient (Wildman–Crippen LogP) is 5.22. The van der Waals surface area contributed by atoms with Crippen LogP contribution in [0.4, 0.5) is 62.3 Å². The molecule has 0 aromatic heterocycles. The molecular formula is C12H11ClF12N3O4P. The Balaban J connectivity index is 2.95. The number of hydrogen-bond donors (Lipinski definition) is 0. The number of carbonyl (C=O) groups is 2. The molecule has 4 amide bonds. The zero-order valence-electron chi connectivity index (χ0n) is 16.0. The molecule has 1 atom stereocenters. The molecule has 0 bridgehead atoms. The number of hydrogen-bond acceptors (Lipinski definition) is 4. The summed E-state index contributed by atoms with van der Waals surface area (Å²) < 4.78 is 167. The van der Waals surface area contributed by atoms with Gasteiger partial charge >= 0.3 is 179 Å². The Labute approximate surface area is 180 Å². The van der Waals surface area contributed by atoms with Crippen molar-refractivity contribution in [2.75, 3.05) is 21.1 Å². The van der Waals surface area contributed by atoms with Gasteiger partial charge in [0.1, 0.15) is 0 Å². The maximum atomic E-state index is 13.5. The summed E-state index contributed by atoms with van der Waals surface area (Å²) in [5, 5.41) is -4.01. The van der Waals surface area contributed by atoms with E-state index in [1.165, 1.54) is 0 Å². The van der Waals surface area contributed by atoms with Gasteiger partial charge in [-0.1, -0.05) is 0 Å². The topological polar surface area (TPSA) is 62.3 Å². The van der Waals surface area contributed by atoms with Crippen LogP contribution in [0.1, 0.15) is 0 Å². The van der Waals surface area contributed by atoms with Crippen LogP contribution in [-0.2, 0) is 9.05 Å². The van der Waals surface area contributed by atoms with Gasteiger partial charge in [0.25, 0.3) is 0 Å².